The fourth-order valence-corrected chi connectivity index (χ4v) is 3.58. The maximum absolute atomic E-state index is 12.3. The molecule has 22 heavy (non-hydrogen) atoms. The largest absolute Gasteiger partial charge is 0.490 e. The normalized spacial score (nSPS) is 19.1. The average Bonchev–Trinajstić information content (AvgIpc) is 2.55. The Balaban J connectivity index is 1.60. The molecule has 0 aromatic heterocycles. The Morgan fingerprint density at radius 3 is 2.86 bits per heavy atom. The van der Waals surface area contributed by atoms with Crippen molar-refractivity contribution in [1.29, 1.82) is 0 Å². The lowest BCUT2D eigenvalue weighted by Gasteiger charge is -2.26. The smallest absolute Gasteiger partial charge is 0.240 e. The van der Waals surface area contributed by atoms with Gasteiger partial charge in [-0.3, -0.25) is 4.90 Å². The summed E-state index contributed by atoms with van der Waals surface area (Å²) < 4.78 is 38.0. The lowest BCUT2D eigenvalue weighted by Crippen LogP contribution is -2.41. The lowest BCUT2D eigenvalue weighted by molar-refractivity contribution is 0.0390. The second kappa shape index (κ2) is 6.82. The second-order valence-electron chi connectivity index (χ2n) is 5.28. The van der Waals surface area contributed by atoms with Crippen molar-refractivity contribution in [2.24, 2.45) is 0 Å². The van der Waals surface area contributed by atoms with Gasteiger partial charge >= 0.3 is 0 Å². The number of rotatable bonds is 5. The molecule has 0 saturated carbocycles. The summed E-state index contributed by atoms with van der Waals surface area (Å²) in [5.74, 6) is 0.693. The SMILES string of the molecule is O=S(=O)(NCCN1CCOCC1)c1ccc2c(c1)NCCO2. The van der Waals surface area contributed by atoms with Crippen molar-refractivity contribution in [2.75, 3.05) is 57.9 Å². The third kappa shape index (κ3) is 3.70. The molecular formula is C14H21N3O4S. The van der Waals surface area contributed by atoms with Crippen molar-refractivity contribution in [3.63, 3.8) is 0 Å². The van der Waals surface area contributed by atoms with Crippen molar-refractivity contribution in [2.45, 2.75) is 4.90 Å². The number of anilines is 1. The van der Waals surface area contributed by atoms with E-state index in [2.05, 4.69) is 14.9 Å². The highest BCUT2D eigenvalue weighted by Crippen LogP contribution is 2.29. The lowest BCUT2D eigenvalue weighted by atomic mass is 10.2. The van der Waals surface area contributed by atoms with Crippen LogP contribution in [0.3, 0.4) is 0 Å². The van der Waals surface area contributed by atoms with Gasteiger partial charge in [0, 0.05) is 32.7 Å². The zero-order valence-corrected chi connectivity index (χ0v) is 13.2. The first-order valence-corrected chi connectivity index (χ1v) is 8.94. The summed E-state index contributed by atoms with van der Waals surface area (Å²) in [6.07, 6.45) is 0. The highest BCUT2D eigenvalue weighted by molar-refractivity contribution is 7.89. The van der Waals surface area contributed by atoms with Crippen LogP contribution in [0.4, 0.5) is 5.69 Å². The molecule has 7 nitrogen and oxygen atoms in total. The van der Waals surface area contributed by atoms with E-state index >= 15 is 0 Å². The molecule has 2 aliphatic heterocycles. The van der Waals surface area contributed by atoms with Crippen LogP contribution in [0.2, 0.25) is 0 Å². The Morgan fingerprint density at radius 1 is 1.23 bits per heavy atom. The number of morpholine rings is 1. The molecule has 0 unspecified atom stereocenters. The minimum absolute atomic E-state index is 0.256. The predicted molar refractivity (Wildman–Crippen MR) is 82.9 cm³/mol. The quantitative estimate of drug-likeness (QED) is 0.799. The van der Waals surface area contributed by atoms with Crippen LogP contribution in [0.5, 0.6) is 5.75 Å². The third-order valence-corrected chi connectivity index (χ3v) is 5.22. The van der Waals surface area contributed by atoms with Gasteiger partial charge in [-0.1, -0.05) is 0 Å². The number of sulfonamides is 1. The van der Waals surface area contributed by atoms with Crippen LogP contribution >= 0.6 is 0 Å². The molecule has 1 aromatic rings. The Morgan fingerprint density at radius 2 is 2.05 bits per heavy atom. The van der Waals surface area contributed by atoms with Crippen molar-refractivity contribution in [3.8, 4) is 5.75 Å². The summed E-state index contributed by atoms with van der Waals surface area (Å²) in [5.41, 5.74) is 0.724. The summed E-state index contributed by atoms with van der Waals surface area (Å²) >= 11 is 0. The van der Waals surface area contributed by atoms with Gasteiger partial charge in [0.15, 0.2) is 0 Å². The Kier molecular flexibility index (Phi) is 4.82. The van der Waals surface area contributed by atoms with Crippen molar-refractivity contribution in [1.82, 2.24) is 9.62 Å². The second-order valence-corrected chi connectivity index (χ2v) is 7.05. The molecule has 3 rings (SSSR count). The van der Waals surface area contributed by atoms with Crippen molar-refractivity contribution < 1.29 is 17.9 Å². The van der Waals surface area contributed by atoms with Crippen LogP contribution in [-0.2, 0) is 14.8 Å². The number of nitrogens with one attached hydrogen (secondary N) is 2. The topological polar surface area (TPSA) is 79.9 Å². The van der Waals surface area contributed by atoms with E-state index in [1.807, 2.05) is 0 Å². The first kappa shape index (κ1) is 15.5. The summed E-state index contributed by atoms with van der Waals surface area (Å²) in [5, 5.41) is 3.14. The molecule has 0 amide bonds. The first-order valence-electron chi connectivity index (χ1n) is 7.46. The van der Waals surface area contributed by atoms with E-state index < -0.39 is 10.0 Å². The summed E-state index contributed by atoms with van der Waals surface area (Å²) in [6.45, 7) is 5.48. The van der Waals surface area contributed by atoms with E-state index in [0.717, 1.165) is 18.8 Å². The monoisotopic (exact) mass is 327 g/mol. The van der Waals surface area contributed by atoms with Crippen molar-refractivity contribution in [3.05, 3.63) is 18.2 Å². The van der Waals surface area contributed by atoms with E-state index in [-0.39, 0.29) is 4.90 Å². The standard InChI is InChI=1S/C14H21N3O4S/c18-22(19,16-3-5-17-6-9-20-10-7-17)12-1-2-14-13(11-12)15-4-8-21-14/h1-2,11,15-16H,3-10H2. The molecule has 0 bridgehead atoms. The molecule has 2 N–H and O–H groups in total. The van der Waals surface area contributed by atoms with E-state index in [9.17, 15) is 8.42 Å². The number of benzene rings is 1. The van der Waals surface area contributed by atoms with Crippen LogP contribution in [0.1, 0.15) is 0 Å². The molecule has 1 saturated heterocycles. The molecule has 1 aromatic carbocycles. The maximum atomic E-state index is 12.3. The fraction of sp³-hybridized carbons (Fsp3) is 0.571. The van der Waals surface area contributed by atoms with Crippen LogP contribution in [0, 0.1) is 0 Å². The molecule has 2 heterocycles. The molecule has 0 spiro atoms. The number of nitrogens with zero attached hydrogens (tertiary/aromatic N) is 1. The van der Waals surface area contributed by atoms with E-state index in [1.54, 1.807) is 18.2 Å². The van der Waals surface area contributed by atoms with Gasteiger partial charge in [-0.25, -0.2) is 13.1 Å². The van der Waals surface area contributed by atoms with E-state index in [4.69, 9.17) is 9.47 Å². The van der Waals surface area contributed by atoms with Crippen LogP contribution in [0.25, 0.3) is 0 Å². The molecular weight excluding hydrogens is 306 g/mol. The van der Waals surface area contributed by atoms with Gasteiger partial charge in [-0.2, -0.15) is 0 Å². The Labute approximate surface area is 130 Å². The molecule has 0 aliphatic carbocycles. The summed E-state index contributed by atoms with van der Waals surface area (Å²) in [4.78, 5) is 2.44. The fourth-order valence-electron chi connectivity index (χ4n) is 2.53. The third-order valence-electron chi connectivity index (χ3n) is 3.76. The molecule has 1 fully saturated rings. The molecule has 0 radical (unpaired) electrons. The Hall–Kier alpha value is -1.35. The van der Waals surface area contributed by atoms with Crippen LogP contribution in [0.15, 0.2) is 23.1 Å². The zero-order chi connectivity index (χ0) is 15.4. The summed E-state index contributed by atoms with van der Waals surface area (Å²) in [7, 11) is -3.50. The zero-order valence-electron chi connectivity index (χ0n) is 12.4. The maximum Gasteiger partial charge on any atom is 0.240 e. The van der Waals surface area contributed by atoms with Gasteiger partial charge in [0.05, 0.1) is 23.8 Å². The van der Waals surface area contributed by atoms with Gasteiger partial charge < -0.3 is 14.8 Å². The Bertz CT molecular complexity index is 615. The van der Waals surface area contributed by atoms with Crippen LogP contribution < -0.4 is 14.8 Å². The van der Waals surface area contributed by atoms with Gasteiger partial charge in [-0.15, -0.1) is 0 Å². The van der Waals surface area contributed by atoms with Gasteiger partial charge in [-0.05, 0) is 18.2 Å². The summed E-state index contributed by atoms with van der Waals surface area (Å²) in [6, 6.07) is 4.88. The minimum Gasteiger partial charge on any atom is -0.490 e. The van der Waals surface area contributed by atoms with Crippen LogP contribution in [-0.4, -0.2) is 65.9 Å². The average molecular weight is 327 g/mol. The highest BCUT2D eigenvalue weighted by atomic mass is 32.2. The number of hydrogen-bond acceptors (Lipinski definition) is 6. The van der Waals surface area contributed by atoms with E-state index in [0.29, 0.717) is 45.2 Å². The number of fused-ring (bicyclic) bond motifs is 1. The number of hydrogen-bond donors (Lipinski definition) is 2. The van der Waals surface area contributed by atoms with Crippen molar-refractivity contribution >= 4 is 15.7 Å². The number of ether oxygens (including phenoxy) is 2. The minimum atomic E-state index is -3.50. The highest BCUT2D eigenvalue weighted by Gasteiger charge is 2.18. The molecule has 8 heteroatoms. The molecule has 2 aliphatic rings. The van der Waals surface area contributed by atoms with Gasteiger partial charge in [0.25, 0.3) is 0 Å². The van der Waals surface area contributed by atoms with E-state index in [1.165, 1.54) is 0 Å². The van der Waals surface area contributed by atoms with Gasteiger partial charge in [0.2, 0.25) is 10.0 Å². The predicted octanol–water partition coefficient (Wildman–Crippen LogP) is 0.101. The van der Waals surface area contributed by atoms with Gasteiger partial charge in [0.1, 0.15) is 12.4 Å². The molecule has 122 valence electrons. The first-order chi connectivity index (χ1) is 10.6. The molecule has 0 atom stereocenters.